The number of likely N-dealkylation sites (tertiary alicyclic amines) is 1. The first-order valence-electron chi connectivity index (χ1n) is 7.13. The minimum atomic E-state index is 0. The highest BCUT2D eigenvalue weighted by Gasteiger charge is 2.31. The minimum Gasteiger partial charge on any atom is -0.331 e. The van der Waals surface area contributed by atoms with E-state index in [2.05, 4.69) is 10.1 Å². The first-order chi connectivity index (χ1) is 10.2. The predicted molar refractivity (Wildman–Crippen MR) is 92.8 cm³/mol. The van der Waals surface area contributed by atoms with Crippen LogP contribution in [0.4, 0.5) is 0 Å². The number of pyridine rings is 1. The number of carbonyl (C=O) groups is 1. The van der Waals surface area contributed by atoms with Gasteiger partial charge in [0.25, 0.3) is 5.91 Å². The number of aryl methyl sites for hydroxylation is 1. The Balaban J connectivity index is 0.00000132. The molecule has 0 radical (unpaired) electrons. The molecule has 2 aromatic heterocycles. The second kappa shape index (κ2) is 8.29. The quantitative estimate of drug-likeness (QED) is 0.912. The zero-order valence-electron chi connectivity index (χ0n) is 12.9. The van der Waals surface area contributed by atoms with Crippen LogP contribution in [0.2, 0.25) is 0 Å². The van der Waals surface area contributed by atoms with Gasteiger partial charge in [0.15, 0.2) is 0 Å². The van der Waals surface area contributed by atoms with Gasteiger partial charge in [0.05, 0.1) is 17.9 Å². The maximum Gasteiger partial charge on any atom is 0.254 e. The van der Waals surface area contributed by atoms with Crippen molar-refractivity contribution in [2.45, 2.75) is 25.4 Å². The Bertz CT molecular complexity index is 661. The van der Waals surface area contributed by atoms with Gasteiger partial charge in [0.2, 0.25) is 0 Å². The number of halogens is 2. The number of hydrogen-bond donors (Lipinski definition) is 1. The van der Waals surface area contributed by atoms with E-state index in [4.69, 9.17) is 5.73 Å². The molecule has 1 aliphatic rings. The third kappa shape index (κ3) is 4.02. The topological polar surface area (TPSA) is 77.0 Å². The van der Waals surface area contributed by atoms with Gasteiger partial charge >= 0.3 is 0 Å². The van der Waals surface area contributed by atoms with Crippen LogP contribution in [0, 0.1) is 0 Å². The van der Waals surface area contributed by atoms with Crippen LogP contribution < -0.4 is 5.73 Å². The van der Waals surface area contributed by atoms with Crippen LogP contribution in [-0.4, -0.2) is 32.1 Å². The summed E-state index contributed by atoms with van der Waals surface area (Å²) >= 11 is 0. The number of nitrogens with zero attached hydrogens (tertiary/aromatic N) is 4. The Hall–Kier alpha value is -1.63. The maximum atomic E-state index is 12.7. The molecule has 0 aromatic carbocycles. The Morgan fingerprint density at radius 1 is 1.43 bits per heavy atom. The molecule has 1 amide bonds. The average Bonchev–Trinajstić information content (AvgIpc) is 3.15. The van der Waals surface area contributed by atoms with E-state index in [1.165, 1.54) is 0 Å². The van der Waals surface area contributed by atoms with Crippen LogP contribution in [0.1, 0.15) is 40.5 Å². The molecule has 6 nitrogen and oxygen atoms in total. The smallest absolute Gasteiger partial charge is 0.254 e. The molecule has 0 aliphatic carbocycles. The van der Waals surface area contributed by atoms with Gasteiger partial charge in [0.1, 0.15) is 0 Å². The van der Waals surface area contributed by atoms with Gasteiger partial charge in [-0.2, -0.15) is 5.10 Å². The van der Waals surface area contributed by atoms with Crippen molar-refractivity contribution in [3.63, 3.8) is 0 Å². The lowest BCUT2D eigenvalue weighted by molar-refractivity contribution is 0.0735. The maximum absolute atomic E-state index is 12.7. The molecule has 1 fully saturated rings. The average molecular weight is 358 g/mol. The monoisotopic (exact) mass is 357 g/mol. The highest BCUT2D eigenvalue weighted by molar-refractivity contribution is 5.94. The van der Waals surface area contributed by atoms with E-state index in [0.29, 0.717) is 12.1 Å². The van der Waals surface area contributed by atoms with Crippen molar-refractivity contribution >= 4 is 30.7 Å². The second-order valence-corrected chi connectivity index (χ2v) is 5.34. The summed E-state index contributed by atoms with van der Waals surface area (Å²) in [5.74, 6) is 0.0402. The number of hydrogen-bond acceptors (Lipinski definition) is 4. The lowest BCUT2D eigenvalue weighted by Gasteiger charge is -2.24. The Morgan fingerprint density at radius 2 is 2.22 bits per heavy atom. The molecule has 3 heterocycles. The summed E-state index contributed by atoms with van der Waals surface area (Å²) in [7, 11) is 1.89. The van der Waals surface area contributed by atoms with Gasteiger partial charge < -0.3 is 10.6 Å². The van der Waals surface area contributed by atoms with Gasteiger partial charge in [-0.1, -0.05) is 0 Å². The summed E-state index contributed by atoms with van der Waals surface area (Å²) in [4.78, 5) is 18.8. The molecule has 2 N–H and O–H groups in total. The Labute approximate surface area is 147 Å². The fourth-order valence-corrected chi connectivity index (χ4v) is 2.86. The number of nitrogens with two attached hydrogens (primary N) is 1. The van der Waals surface area contributed by atoms with Crippen molar-refractivity contribution in [3.8, 4) is 0 Å². The van der Waals surface area contributed by atoms with E-state index >= 15 is 0 Å². The van der Waals surface area contributed by atoms with Gasteiger partial charge in [-0.05, 0) is 25.0 Å². The van der Waals surface area contributed by atoms with Crippen LogP contribution in [0.25, 0.3) is 0 Å². The molecular formula is C15H21Cl2N5O. The molecule has 1 atom stereocenters. The van der Waals surface area contributed by atoms with Crippen molar-refractivity contribution in [2.24, 2.45) is 12.8 Å². The normalized spacial score (nSPS) is 16.6. The third-order valence-electron chi connectivity index (χ3n) is 3.90. The molecule has 0 saturated carbocycles. The lowest BCUT2D eigenvalue weighted by Crippen LogP contribution is -2.30. The van der Waals surface area contributed by atoms with E-state index < -0.39 is 0 Å². The van der Waals surface area contributed by atoms with Crippen molar-refractivity contribution < 1.29 is 4.79 Å². The van der Waals surface area contributed by atoms with Crippen LogP contribution in [0.15, 0.2) is 30.7 Å². The van der Waals surface area contributed by atoms with Crippen LogP contribution in [0.3, 0.4) is 0 Å². The number of rotatable bonds is 3. The molecule has 0 spiro atoms. The fraction of sp³-hybridized carbons (Fsp3) is 0.400. The summed E-state index contributed by atoms with van der Waals surface area (Å²) in [6, 6.07) is 3.64. The van der Waals surface area contributed by atoms with Crippen molar-refractivity contribution in [2.75, 3.05) is 6.54 Å². The van der Waals surface area contributed by atoms with E-state index in [-0.39, 0.29) is 36.8 Å². The van der Waals surface area contributed by atoms with Gasteiger partial charge in [-0.15, -0.1) is 24.8 Å². The highest BCUT2D eigenvalue weighted by atomic mass is 35.5. The first kappa shape index (κ1) is 19.4. The minimum absolute atomic E-state index is 0. The fourth-order valence-electron chi connectivity index (χ4n) is 2.86. The van der Waals surface area contributed by atoms with Gasteiger partial charge in [-0.25, -0.2) is 0 Å². The number of carbonyl (C=O) groups excluding carboxylic acids is 1. The van der Waals surface area contributed by atoms with Gasteiger partial charge in [0, 0.05) is 43.7 Å². The number of aromatic nitrogens is 3. The molecule has 0 bridgehead atoms. The standard InChI is InChI=1S/C15H19N5O.2ClH/c1-19-10-12(9-18-19)14-3-2-6-20(14)15(21)11-4-5-17-13(7-11)8-16;;/h4-5,7,9-10,14H,2-3,6,8,16H2,1H3;2*1H. The van der Waals surface area contributed by atoms with Crippen molar-refractivity contribution in [1.82, 2.24) is 19.7 Å². The molecule has 1 saturated heterocycles. The van der Waals surface area contributed by atoms with E-state index in [1.807, 2.05) is 24.3 Å². The Kier molecular flexibility index (Phi) is 7.00. The Morgan fingerprint density at radius 3 is 2.87 bits per heavy atom. The predicted octanol–water partition coefficient (Wildman–Crippen LogP) is 2.09. The molecule has 8 heteroatoms. The van der Waals surface area contributed by atoms with E-state index in [1.54, 1.807) is 23.0 Å². The highest BCUT2D eigenvalue weighted by Crippen LogP contribution is 2.32. The van der Waals surface area contributed by atoms with Crippen molar-refractivity contribution in [1.29, 1.82) is 0 Å². The largest absolute Gasteiger partial charge is 0.331 e. The third-order valence-corrected chi connectivity index (χ3v) is 3.90. The summed E-state index contributed by atoms with van der Waals surface area (Å²) in [6.07, 6.45) is 7.46. The number of amides is 1. The zero-order chi connectivity index (χ0) is 14.8. The molecule has 3 rings (SSSR count). The van der Waals surface area contributed by atoms with Crippen molar-refractivity contribution in [3.05, 3.63) is 47.5 Å². The van der Waals surface area contributed by atoms with Crippen LogP contribution in [0.5, 0.6) is 0 Å². The molecular weight excluding hydrogens is 337 g/mol. The summed E-state index contributed by atoms with van der Waals surface area (Å²) in [5, 5.41) is 4.21. The zero-order valence-corrected chi connectivity index (χ0v) is 14.5. The van der Waals surface area contributed by atoms with Gasteiger partial charge in [-0.3, -0.25) is 14.5 Å². The molecule has 23 heavy (non-hydrogen) atoms. The molecule has 1 aliphatic heterocycles. The molecule has 126 valence electrons. The SMILES string of the molecule is Cl.Cl.Cn1cc(C2CCCN2C(=O)c2ccnc(CN)c2)cn1. The lowest BCUT2D eigenvalue weighted by atomic mass is 10.1. The van der Waals surface area contributed by atoms with E-state index in [9.17, 15) is 4.79 Å². The van der Waals surface area contributed by atoms with Crippen LogP contribution in [-0.2, 0) is 13.6 Å². The first-order valence-corrected chi connectivity index (χ1v) is 7.13. The molecule has 1 unspecified atom stereocenters. The summed E-state index contributed by atoms with van der Waals surface area (Å²) in [6.45, 7) is 1.12. The summed E-state index contributed by atoms with van der Waals surface area (Å²) in [5.41, 5.74) is 8.08. The molecule has 2 aromatic rings. The van der Waals surface area contributed by atoms with E-state index in [0.717, 1.165) is 30.6 Å². The summed E-state index contributed by atoms with van der Waals surface area (Å²) < 4.78 is 1.77. The second-order valence-electron chi connectivity index (χ2n) is 5.34. The van der Waals surface area contributed by atoms with Crippen LogP contribution >= 0.6 is 24.8 Å².